The maximum Gasteiger partial charge on any atom is 0.329 e. The number of aromatic nitrogens is 4. The quantitative estimate of drug-likeness (QED) is 0.276. The van der Waals surface area contributed by atoms with Crippen LogP contribution in [0, 0.1) is 0 Å². The number of ether oxygens (including phenoxy) is 1. The van der Waals surface area contributed by atoms with E-state index in [1.54, 1.807) is 24.4 Å². The van der Waals surface area contributed by atoms with Gasteiger partial charge in [-0.3, -0.25) is 24.1 Å². The maximum atomic E-state index is 12.3. The van der Waals surface area contributed by atoms with Gasteiger partial charge < -0.3 is 15.0 Å². The van der Waals surface area contributed by atoms with Gasteiger partial charge in [0.15, 0.2) is 0 Å². The van der Waals surface area contributed by atoms with Crippen LogP contribution >= 0.6 is 0 Å². The lowest BCUT2D eigenvalue weighted by Gasteiger charge is -2.08. The molecule has 34 heavy (non-hydrogen) atoms. The van der Waals surface area contributed by atoms with E-state index in [4.69, 9.17) is 4.74 Å². The second-order valence-electron chi connectivity index (χ2n) is 7.97. The van der Waals surface area contributed by atoms with Crippen molar-refractivity contribution in [2.45, 2.75) is 20.4 Å². The summed E-state index contributed by atoms with van der Waals surface area (Å²) in [5, 5.41) is 2.78. The number of benzene rings is 1. The van der Waals surface area contributed by atoms with Gasteiger partial charge >= 0.3 is 5.69 Å². The summed E-state index contributed by atoms with van der Waals surface area (Å²) < 4.78 is 7.23. The third kappa shape index (κ3) is 5.15. The molecule has 9 heteroatoms. The second kappa shape index (κ2) is 10.0. The molecule has 3 heterocycles. The number of carbonyl (C=O) groups excluding carboxylic acids is 1. The monoisotopic (exact) mass is 459 g/mol. The van der Waals surface area contributed by atoms with Crippen LogP contribution in [0.5, 0.6) is 5.75 Å². The van der Waals surface area contributed by atoms with Crippen LogP contribution in [0.4, 0.5) is 0 Å². The Morgan fingerprint density at radius 2 is 1.94 bits per heavy atom. The number of carbonyl (C=O) groups is 1. The molecule has 0 unspecified atom stereocenters. The molecule has 0 radical (unpaired) electrons. The van der Waals surface area contributed by atoms with Gasteiger partial charge in [0.2, 0.25) is 0 Å². The third-order valence-electron chi connectivity index (χ3n) is 5.21. The van der Waals surface area contributed by atoms with Gasteiger partial charge in [-0.15, -0.1) is 0 Å². The first-order valence-corrected chi connectivity index (χ1v) is 10.8. The van der Waals surface area contributed by atoms with E-state index in [1.807, 2.05) is 44.2 Å². The first kappa shape index (κ1) is 22.8. The molecule has 3 aromatic heterocycles. The van der Waals surface area contributed by atoms with Crippen LogP contribution in [-0.2, 0) is 6.54 Å². The number of amides is 1. The Hall–Kier alpha value is -4.40. The van der Waals surface area contributed by atoms with E-state index in [9.17, 15) is 14.4 Å². The molecule has 174 valence electrons. The molecule has 1 aromatic carbocycles. The van der Waals surface area contributed by atoms with Crippen molar-refractivity contribution < 1.29 is 9.53 Å². The van der Waals surface area contributed by atoms with Gasteiger partial charge in [0.25, 0.3) is 11.5 Å². The standard InChI is InChI=1S/C25H25N5O4/c1-16(2)9-12-30-21-14-20(28-22(21)24(32)29-25(30)33)17-5-7-19(8-6-17)34-13-11-27-23(31)18-4-3-10-26-15-18/h3-10,14-15,28H,11-13H2,1-2H3,(H,27,31)(H,29,32,33). The SMILES string of the molecule is CC(C)=CCn1c(=O)[nH]c(=O)c2[nH]c(-c3ccc(OCCNC(=O)c4cccnc4)cc3)cc21. The summed E-state index contributed by atoms with van der Waals surface area (Å²) in [6.45, 7) is 4.94. The Balaban J connectivity index is 1.44. The summed E-state index contributed by atoms with van der Waals surface area (Å²) in [5.74, 6) is 0.442. The Kier molecular flexibility index (Phi) is 6.72. The van der Waals surface area contributed by atoms with Crippen LogP contribution in [0.3, 0.4) is 0 Å². The summed E-state index contributed by atoms with van der Waals surface area (Å²) in [5.41, 5.74) is 3.13. The number of hydrogen-bond donors (Lipinski definition) is 3. The molecule has 3 N–H and O–H groups in total. The Morgan fingerprint density at radius 3 is 2.65 bits per heavy atom. The van der Waals surface area contributed by atoms with Crippen molar-refractivity contribution in [3.63, 3.8) is 0 Å². The van der Waals surface area contributed by atoms with E-state index in [0.29, 0.717) is 47.7 Å². The number of rotatable bonds is 8. The average Bonchev–Trinajstić information content (AvgIpc) is 3.28. The molecule has 0 bridgehead atoms. The fraction of sp³-hybridized carbons (Fsp3) is 0.200. The van der Waals surface area contributed by atoms with Crippen LogP contribution in [0.15, 0.2) is 76.1 Å². The number of nitrogens with one attached hydrogen (secondary N) is 3. The molecule has 0 saturated carbocycles. The molecule has 0 spiro atoms. The molecule has 0 atom stereocenters. The van der Waals surface area contributed by atoms with E-state index >= 15 is 0 Å². The minimum absolute atomic E-state index is 0.205. The molecule has 0 aliphatic rings. The lowest BCUT2D eigenvalue weighted by Crippen LogP contribution is -2.29. The zero-order valence-corrected chi connectivity index (χ0v) is 18.9. The summed E-state index contributed by atoms with van der Waals surface area (Å²) in [4.78, 5) is 46.1. The van der Waals surface area contributed by atoms with E-state index in [2.05, 4.69) is 20.3 Å². The van der Waals surface area contributed by atoms with Gasteiger partial charge in [-0.05, 0) is 61.9 Å². The van der Waals surface area contributed by atoms with Crippen molar-refractivity contribution in [2.75, 3.05) is 13.2 Å². The normalized spacial score (nSPS) is 10.8. The molecule has 0 saturated heterocycles. The smallest absolute Gasteiger partial charge is 0.329 e. The van der Waals surface area contributed by atoms with Gasteiger partial charge in [0.1, 0.15) is 17.9 Å². The average molecular weight is 460 g/mol. The Labute approximate surface area is 195 Å². The fourth-order valence-electron chi connectivity index (χ4n) is 3.44. The number of pyridine rings is 1. The highest BCUT2D eigenvalue weighted by Gasteiger charge is 2.12. The minimum atomic E-state index is -0.451. The predicted octanol–water partition coefficient (Wildman–Crippen LogP) is 2.85. The van der Waals surface area contributed by atoms with Gasteiger partial charge in [0.05, 0.1) is 17.6 Å². The molecule has 4 rings (SSSR count). The number of nitrogens with zero attached hydrogens (tertiary/aromatic N) is 2. The van der Waals surface area contributed by atoms with Gasteiger partial charge in [-0.25, -0.2) is 4.79 Å². The second-order valence-corrected chi connectivity index (χ2v) is 7.97. The molecule has 0 aliphatic heterocycles. The maximum absolute atomic E-state index is 12.3. The molecule has 9 nitrogen and oxygen atoms in total. The Morgan fingerprint density at radius 1 is 1.15 bits per heavy atom. The lowest BCUT2D eigenvalue weighted by molar-refractivity contribution is 0.0946. The van der Waals surface area contributed by atoms with Crippen LogP contribution < -0.4 is 21.3 Å². The molecule has 0 aliphatic carbocycles. The molecule has 0 fully saturated rings. The number of fused-ring (bicyclic) bond motifs is 1. The van der Waals surface area contributed by atoms with Crippen LogP contribution in [-0.4, -0.2) is 38.6 Å². The number of aromatic amines is 2. The van der Waals surface area contributed by atoms with Gasteiger partial charge in [0, 0.05) is 24.6 Å². The first-order chi connectivity index (χ1) is 16.4. The van der Waals surface area contributed by atoms with E-state index in [0.717, 1.165) is 11.1 Å². The topological polar surface area (TPSA) is 122 Å². The fourth-order valence-corrected chi connectivity index (χ4v) is 3.44. The number of hydrogen-bond acceptors (Lipinski definition) is 5. The summed E-state index contributed by atoms with van der Waals surface area (Å²) in [6, 6.07) is 12.5. The number of allylic oxidation sites excluding steroid dienone is 2. The van der Waals surface area contributed by atoms with Gasteiger partial charge in [-0.2, -0.15) is 0 Å². The van der Waals surface area contributed by atoms with Crippen molar-refractivity contribution in [1.82, 2.24) is 24.8 Å². The molecular weight excluding hydrogens is 434 g/mol. The highest BCUT2D eigenvalue weighted by Crippen LogP contribution is 2.24. The number of H-pyrrole nitrogens is 2. The van der Waals surface area contributed by atoms with Gasteiger partial charge in [-0.1, -0.05) is 11.6 Å². The summed E-state index contributed by atoms with van der Waals surface area (Å²) >= 11 is 0. The van der Waals surface area contributed by atoms with Crippen molar-refractivity contribution >= 4 is 16.9 Å². The van der Waals surface area contributed by atoms with E-state index in [-0.39, 0.29) is 5.91 Å². The third-order valence-corrected chi connectivity index (χ3v) is 5.21. The minimum Gasteiger partial charge on any atom is -0.492 e. The largest absolute Gasteiger partial charge is 0.492 e. The predicted molar refractivity (Wildman–Crippen MR) is 130 cm³/mol. The van der Waals surface area contributed by atoms with Crippen molar-refractivity contribution in [1.29, 1.82) is 0 Å². The Bertz CT molecular complexity index is 1440. The molecular formula is C25H25N5O4. The summed E-state index contributed by atoms with van der Waals surface area (Å²) in [7, 11) is 0. The van der Waals surface area contributed by atoms with E-state index in [1.165, 1.54) is 10.8 Å². The summed E-state index contributed by atoms with van der Waals surface area (Å²) in [6.07, 6.45) is 5.05. The van der Waals surface area contributed by atoms with E-state index < -0.39 is 11.2 Å². The zero-order valence-electron chi connectivity index (χ0n) is 18.9. The van der Waals surface area contributed by atoms with Crippen LogP contribution in [0.25, 0.3) is 22.3 Å². The van der Waals surface area contributed by atoms with Crippen molar-refractivity contribution in [3.8, 4) is 17.0 Å². The lowest BCUT2D eigenvalue weighted by atomic mass is 10.1. The van der Waals surface area contributed by atoms with Crippen LogP contribution in [0.2, 0.25) is 0 Å². The zero-order chi connectivity index (χ0) is 24.1. The van der Waals surface area contributed by atoms with Crippen LogP contribution in [0.1, 0.15) is 24.2 Å². The highest BCUT2D eigenvalue weighted by molar-refractivity contribution is 5.93. The molecule has 1 amide bonds. The van der Waals surface area contributed by atoms with Crippen molar-refractivity contribution in [3.05, 3.63) is 92.9 Å². The molecule has 4 aromatic rings. The van der Waals surface area contributed by atoms with Crippen molar-refractivity contribution in [2.24, 2.45) is 0 Å². The highest BCUT2D eigenvalue weighted by atomic mass is 16.5. The first-order valence-electron chi connectivity index (χ1n) is 10.8.